The van der Waals surface area contributed by atoms with Crippen molar-refractivity contribution in [3.63, 3.8) is 0 Å². The minimum absolute atomic E-state index is 0.410. The van der Waals surface area contributed by atoms with Crippen LogP contribution in [0, 0.1) is 0 Å². The van der Waals surface area contributed by atoms with Crippen LogP contribution < -0.4 is 5.73 Å². The zero-order chi connectivity index (χ0) is 21.3. The van der Waals surface area contributed by atoms with Crippen molar-refractivity contribution in [1.82, 2.24) is 4.90 Å². The maximum Gasteiger partial charge on any atom is 0.248 e. The SMILES string of the molecule is NC(=O)c1ccc(CCN(CC(O)c2ccccc2)CC(O)c2ccccc2)cc1. The van der Waals surface area contributed by atoms with Crippen LogP contribution >= 0.6 is 0 Å². The normalized spacial score (nSPS) is 13.2. The summed E-state index contributed by atoms with van der Waals surface area (Å²) in [5.41, 5.74) is 8.55. The van der Waals surface area contributed by atoms with Crippen molar-refractivity contribution in [3.8, 4) is 0 Å². The Morgan fingerprint density at radius 3 is 1.67 bits per heavy atom. The van der Waals surface area contributed by atoms with E-state index < -0.39 is 18.1 Å². The van der Waals surface area contributed by atoms with Crippen molar-refractivity contribution >= 4 is 5.91 Å². The Bertz CT molecular complexity index is 867. The highest BCUT2D eigenvalue weighted by atomic mass is 16.3. The predicted octanol–water partition coefficient (Wildman–Crippen LogP) is 3.10. The van der Waals surface area contributed by atoms with Crippen LogP contribution in [0.3, 0.4) is 0 Å². The molecule has 0 aromatic heterocycles. The quantitative estimate of drug-likeness (QED) is 0.485. The van der Waals surface area contributed by atoms with E-state index in [1.54, 1.807) is 12.1 Å². The Labute approximate surface area is 177 Å². The van der Waals surface area contributed by atoms with Crippen LogP contribution in [0.4, 0.5) is 0 Å². The van der Waals surface area contributed by atoms with Gasteiger partial charge in [0.1, 0.15) is 0 Å². The smallest absolute Gasteiger partial charge is 0.248 e. The second kappa shape index (κ2) is 10.7. The van der Waals surface area contributed by atoms with Gasteiger partial charge in [0.15, 0.2) is 0 Å². The molecule has 3 aromatic rings. The fourth-order valence-corrected chi connectivity index (χ4v) is 3.43. The number of nitrogens with zero attached hydrogens (tertiary/aromatic N) is 1. The van der Waals surface area contributed by atoms with Gasteiger partial charge in [-0.1, -0.05) is 72.8 Å². The Morgan fingerprint density at radius 2 is 1.23 bits per heavy atom. The molecule has 156 valence electrons. The molecule has 0 saturated heterocycles. The third kappa shape index (κ3) is 6.26. The molecule has 5 nitrogen and oxygen atoms in total. The van der Waals surface area contributed by atoms with Crippen LogP contribution in [0.2, 0.25) is 0 Å². The minimum Gasteiger partial charge on any atom is -0.387 e. The van der Waals surface area contributed by atoms with Crippen LogP contribution in [-0.4, -0.2) is 40.7 Å². The van der Waals surface area contributed by atoms with E-state index in [1.165, 1.54) is 0 Å². The Kier molecular flexibility index (Phi) is 7.74. The van der Waals surface area contributed by atoms with Gasteiger partial charge in [-0.05, 0) is 35.2 Å². The average Bonchev–Trinajstić information content (AvgIpc) is 2.78. The van der Waals surface area contributed by atoms with Crippen molar-refractivity contribution in [1.29, 1.82) is 0 Å². The van der Waals surface area contributed by atoms with Gasteiger partial charge in [0.05, 0.1) is 12.2 Å². The lowest BCUT2D eigenvalue weighted by molar-refractivity contribution is 0.0694. The van der Waals surface area contributed by atoms with Crippen molar-refractivity contribution in [3.05, 3.63) is 107 Å². The number of benzene rings is 3. The molecule has 0 radical (unpaired) electrons. The number of aliphatic hydroxyl groups excluding tert-OH is 2. The second-order valence-corrected chi connectivity index (χ2v) is 7.42. The molecule has 3 rings (SSSR count). The van der Waals surface area contributed by atoms with Crippen molar-refractivity contribution < 1.29 is 15.0 Å². The summed E-state index contributed by atoms with van der Waals surface area (Å²) < 4.78 is 0. The first-order valence-corrected chi connectivity index (χ1v) is 10.1. The van der Waals surface area contributed by atoms with Crippen molar-refractivity contribution in [2.24, 2.45) is 5.73 Å². The highest BCUT2D eigenvalue weighted by molar-refractivity contribution is 5.92. The summed E-state index contributed by atoms with van der Waals surface area (Å²) in [5, 5.41) is 21.4. The number of carbonyl (C=O) groups is 1. The summed E-state index contributed by atoms with van der Waals surface area (Å²) in [6, 6.07) is 26.3. The number of amides is 1. The molecule has 0 spiro atoms. The van der Waals surface area contributed by atoms with E-state index in [9.17, 15) is 15.0 Å². The van der Waals surface area contributed by atoms with Gasteiger partial charge < -0.3 is 15.9 Å². The van der Waals surface area contributed by atoms with Crippen LogP contribution in [0.25, 0.3) is 0 Å². The van der Waals surface area contributed by atoms with E-state index in [0.717, 1.165) is 23.1 Å². The van der Waals surface area contributed by atoms with Gasteiger partial charge in [-0.3, -0.25) is 9.69 Å². The van der Waals surface area contributed by atoms with E-state index in [-0.39, 0.29) is 0 Å². The lowest BCUT2D eigenvalue weighted by atomic mass is 10.1. The van der Waals surface area contributed by atoms with E-state index >= 15 is 0 Å². The molecule has 5 heteroatoms. The average molecular weight is 405 g/mol. The largest absolute Gasteiger partial charge is 0.387 e. The monoisotopic (exact) mass is 404 g/mol. The molecule has 1 amide bonds. The van der Waals surface area contributed by atoms with Gasteiger partial charge >= 0.3 is 0 Å². The molecule has 30 heavy (non-hydrogen) atoms. The van der Waals surface area contributed by atoms with Crippen LogP contribution in [0.5, 0.6) is 0 Å². The zero-order valence-electron chi connectivity index (χ0n) is 16.9. The van der Waals surface area contributed by atoms with Gasteiger partial charge in [0.2, 0.25) is 5.91 Å². The molecule has 2 unspecified atom stereocenters. The number of nitrogens with two attached hydrogens (primary N) is 1. The molecule has 0 bridgehead atoms. The van der Waals surface area contributed by atoms with Crippen molar-refractivity contribution in [2.75, 3.05) is 19.6 Å². The number of primary amides is 1. The molecule has 0 fully saturated rings. The maximum absolute atomic E-state index is 11.2. The van der Waals surface area contributed by atoms with Gasteiger partial charge in [0, 0.05) is 25.2 Å². The van der Waals surface area contributed by atoms with Gasteiger partial charge in [-0.15, -0.1) is 0 Å². The Morgan fingerprint density at radius 1 is 0.767 bits per heavy atom. The highest BCUT2D eigenvalue weighted by Gasteiger charge is 2.18. The number of aliphatic hydroxyl groups is 2. The molecular weight excluding hydrogens is 376 g/mol. The van der Waals surface area contributed by atoms with Crippen molar-refractivity contribution in [2.45, 2.75) is 18.6 Å². The summed E-state index contributed by atoms with van der Waals surface area (Å²) in [6.07, 6.45) is -0.569. The second-order valence-electron chi connectivity index (χ2n) is 7.42. The topological polar surface area (TPSA) is 86.8 Å². The number of hydrogen-bond acceptors (Lipinski definition) is 4. The predicted molar refractivity (Wildman–Crippen MR) is 118 cm³/mol. The molecule has 0 aliphatic carbocycles. The summed E-state index contributed by atoms with van der Waals surface area (Å²) in [4.78, 5) is 13.3. The molecule has 0 aliphatic rings. The standard InChI is InChI=1S/C25H28N2O3/c26-25(30)22-13-11-19(12-14-22)15-16-27(17-23(28)20-7-3-1-4-8-20)18-24(29)21-9-5-2-6-10-21/h1-14,23-24,28-29H,15-18H2,(H2,26,30). The molecule has 0 heterocycles. The van der Waals surface area contributed by atoms with Gasteiger partial charge in [-0.25, -0.2) is 0 Å². The zero-order valence-corrected chi connectivity index (χ0v) is 16.9. The third-order valence-electron chi connectivity index (χ3n) is 5.19. The highest BCUT2D eigenvalue weighted by Crippen LogP contribution is 2.19. The number of carbonyl (C=O) groups excluding carboxylic acids is 1. The number of hydrogen-bond donors (Lipinski definition) is 3. The maximum atomic E-state index is 11.2. The molecule has 3 aromatic carbocycles. The first-order valence-electron chi connectivity index (χ1n) is 10.1. The van der Waals surface area contributed by atoms with Crippen LogP contribution in [0.1, 0.15) is 39.3 Å². The van der Waals surface area contributed by atoms with Crippen LogP contribution in [0.15, 0.2) is 84.9 Å². The molecule has 0 aliphatic heterocycles. The van der Waals surface area contributed by atoms with Crippen LogP contribution in [-0.2, 0) is 6.42 Å². The number of rotatable bonds is 10. The van der Waals surface area contributed by atoms with E-state index in [4.69, 9.17) is 5.73 Å². The summed E-state index contributed by atoms with van der Waals surface area (Å²) in [7, 11) is 0. The first-order chi connectivity index (χ1) is 14.5. The summed E-state index contributed by atoms with van der Waals surface area (Å²) >= 11 is 0. The third-order valence-corrected chi connectivity index (χ3v) is 5.19. The lowest BCUT2D eigenvalue weighted by Gasteiger charge is -2.27. The fourth-order valence-electron chi connectivity index (χ4n) is 3.43. The first kappa shape index (κ1) is 21.7. The minimum atomic E-state index is -0.647. The van der Waals surface area contributed by atoms with E-state index in [1.807, 2.05) is 72.8 Å². The van der Waals surface area contributed by atoms with Gasteiger partial charge in [0.25, 0.3) is 0 Å². The molecule has 2 atom stereocenters. The Balaban J connectivity index is 1.68. The fraction of sp³-hybridized carbons (Fsp3) is 0.240. The lowest BCUT2D eigenvalue weighted by Crippen LogP contribution is -2.34. The molecular formula is C25H28N2O3. The van der Waals surface area contributed by atoms with E-state index in [2.05, 4.69) is 4.90 Å². The molecule has 4 N–H and O–H groups in total. The summed E-state index contributed by atoms with van der Waals surface area (Å²) in [6.45, 7) is 1.48. The molecule has 0 saturated carbocycles. The van der Waals surface area contributed by atoms with Gasteiger partial charge in [-0.2, -0.15) is 0 Å². The summed E-state index contributed by atoms with van der Waals surface area (Å²) in [5.74, 6) is -0.444. The van der Waals surface area contributed by atoms with E-state index in [0.29, 0.717) is 25.2 Å². The Hall–Kier alpha value is -2.99.